The molecule has 0 radical (unpaired) electrons. The molecule has 2 rings (SSSR count). The highest BCUT2D eigenvalue weighted by molar-refractivity contribution is 7.90. The van der Waals surface area contributed by atoms with Gasteiger partial charge in [0, 0.05) is 13.0 Å². The number of aliphatic hydroxyl groups excluding tert-OH is 1. The quantitative estimate of drug-likeness (QED) is 0.303. The molecule has 13 heteroatoms. The van der Waals surface area contributed by atoms with Crippen LogP contribution in [0.5, 0.6) is 0 Å². The van der Waals surface area contributed by atoms with Gasteiger partial charge in [0.2, 0.25) is 21.8 Å². The molecule has 1 saturated carbocycles. The minimum atomic E-state index is -3.87. The van der Waals surface area contributed by atoms with Gasteiger partial charge in [0.05, 0.1) is 11.4 Å². The molecule has 0 unspecified atom stereocenters. The minimum Gasteiger partial charge on any atom is -0.444 e. The number of hydrogen-bond donors (Lipinski definition) is 4. The first kappa shape index (κ1) is 31.5. The zero-order valence-electron chi connectivity index (χ0n) is 23.3. The summed E-state index contributed by atoms with van der Waals surface area (Å²) in [6, 6.07) is -2.26. The molecule has 0 aromatic carbocycles. The number of ether oxygens (including phenoxy) is 1. The summed E-state index contributed by atoms with van der Waals surface area (Å²) < 4.78 is 32.0. The summed E-state index contributed by atoms with van der Waals surface area (Å²) in [5, 5.41) is 14.9. The van der Waals surface area contributed by atoms with E-state index in [1.165, 1.54) is 17.9 Å². The lowest BCUT2D eigenvalue weighted by Gasteiger charge is -2.36. The molecule has 216 valence electrons. The predicted molar refractivity (Wildman–Crippen MR) is 140 cm³/mol. The number of alkyl carbamates (subject to hydrolysis) is 1. The van der Waals surface area contributed by atoms with Crippen LogP contribution in [-0.2, 0) is 29.1 Å². The van der Waals surface area contributed by atoms with Gasteiger partial charge in [-0.15, -0.1) is 6.58 Å². The van der Waals surface area contributed by atoms with Crippen molar-refractivity contribution in [2.24, 2.45) is 5.41 Å². The summed E-state index contributed by atoms with van der Waals surface area (Å²) in [7, 11) is -3.87. The number of hydrogen-bond acceptors (Lipinski definition) is 8. The number of aliphatic hydroxyl groups is 1. The smallest absolute Gasteiger partial charge is 0.408 e. The Labute approximate surface area is 225 Å². The molecule has 4 amide bonds. The van der Waals surface area contributed by atoms with Gasteiger partial charge < -0.3 is 25.4 Å². The van der Waals surface area contributed by atoms with Crippen LogP contribution in [0.25, 0.3) is 0 Å². The molecule has 1 saturated heterocycles. The number of rotatable bonds is 9. The van der Waals surface area contributed by atoms with E-state index < -0.39 is 73.8 Å². The van der Waals surface area contributed by atoms with Crippen LogP contribution < -0.4 is 15.4 Å². The van der Waals surface area contributed by atoms with E-state index in [1.54, 1.807) is 41.5 Å². The highest BCUT2D eigenvalue weighted by Crippen LogP contribution is 2.29. The lowest BCUT2D eigenvalue weighted by atomic mass is 9.85. The number of likely N-dealkylation sites (tertiary alicyclic amines) is 1. The first-order valence-electron chi connectivity index (χ1n) is 12.7. The summed E-state index contributed by atoms with van der Waals surface area (Å²) in [6.07, 6.45) is 0.264. The standard InChI is InChI=1S/C25H42N4O8S/c1-9-12-25(8,21(33)28-38(35,36)16-10-11-16)27-19(31)17-13-15(30)14-29(17)20(32)18(23(2,3)4)26-22(34)37-24(5,6)7/h9,15-18,30H,1,10-14H2,2-8H3,(H,26,34)(H,27,31)(H,28,33)/t15-,17+,18-,25-/m1/s1. The Bertz CT molecular complexity index is 1060. The number of nitrogens with zero attached hydrogens (tertiary/aromatic N) is 1. The minimum absolute atomic E-state index is 0.0845. The topological polar surface area (TPSA) is 171 Å². The average molecular weight is 559 g/mol. The lowest BCUT2D eigenvalue weighted by molar-refractivity contribution is -0.143. The molecular weight excluding hydrogens is 516 g/mol. The molecule has 1 heterocycles. The molecule has 38 heavy (non-hydrogen) atoms. The Balaban J connectivity index is 2.26. The number of nitrogens with one attached hydrogen (secondary N) is 3. The second kappa shape index (κ2) is 11.2. The van der Waals surface area contributed by atoms with Crippen molar-refractivity contribution in [3.63, 3.8) is 0 Å². The zero-order chi connectivity index (χ0) is 29.3. The first-order chi connectivity index (χ1) is 17.2. The normalized spacial score (nSPS) is 22.6. The van der Waals surface area contributed by atoms with Crippen LogP contribution >= 0.6 is 0 Å². The van der Waals surface area contributed by atoms with Crippen molar-refractivity contribution < 1.29 is 37.4 Å². The Kier molecular flexibility index (Phi) is 9.31. The van der Waals surface area contributed by atoms with Crippen LogP contribution in [0.15, 0.2) is 12.7 Å². The van der Waals surface area contributed by atoms with Crippen LogP contribution in [0.1, 0.15) is 74.1 Å². The van der Waals surface area contributed by atoms with E-state index in [4.69, 9.17) is 4.74 Å². The van der Waals surface area contributed by atoms with Gasteiger partial charge in [-0.3, -0.25) is 19.1 Å². The largest absolute Gasteiger partial charge is 0.444 e. The monoisotopic (exact) mass is 558 g/mol. The number of carbonyl (C=O) groups is 4. The third-order valence-electron chi connectivity index (χ3n) is 6.29. The van der Waals surface area contributed by atoms with Crippen molar-refractivity contribution in [1.29, 1.82) is 0 Å². The average Bonchev–Trinajstić information content (AvgIpc) is 3.52. The van der Waals surface area contributed by atoms with Gasteiger partial charge in [0.1, 0.15) is 23.2 Å². The third-order valence-corrected chi connectivity index (χ3v) is 8.11. The fourth-order valence-corrected chi connectivity index (χ4v) is 5.50. The maximum absolute atomic E-state index is 13.6. The van der Waals surface area contributed by atoms with E-state index in [0.717, 1.165) is 0 Å². The summed E-state index contributed by atoms with van der Waals surface area (Å²) in [5.41, 5.74) is -3.26. The Hall–Kier alpha value is -2.67. The van der Waals surface area contributed by atoms with Crippen molar-refractivity contribution in [3.05, 3.63) is 12.7 Å². The second-order valence-corrected chi connectivity index (χ2v) is 14.3. The predicted octanol–water partition coefficient (Wildman–Crippen LogP) is 0.947. The van der Waals surface area contributed by atoms with Crippen molar-refractivity contribution in [3.8, 4) is 0 Å². The summed E-state index contributed by atoms with van der Waals surface area (Å²) >= 11 is 0. The Morgan fingerprint density at radius 3 is 2.16 bits per heavy atom. The number of β-amino-alcohol motifs (C(OH)–C–C–N with tert-alkyl or cyclic N) is 1. The Morgan fingerprint density at radius 2 is 1.68 bits per heavy atom. The van der Waals surface area contributed by atoms with Crippen molar-refractivity contribution in [1.82, 2.24) is 20.3 Å². The second-order valence-electron chi connectivity index (χ2n) is 12.3. The van der Waals surface area contributed by atoms with Crippen molar-refractivity contribution in [2.45, 2.75) is 109 Å². The van der Waals surface area contributed by atoms with Gasteiger partial charge in [0.25, 0.3) is 5.91 Å². The van der Waals surface area contributed by atoms with E-state index in [-0.39, 0.29) is 19.4 Å². The van der Waals surface area contributed by atoms with Gasteiger partial charge in [-0.25, -0.2) is 13.2 Å². The van der Waals surface area contributed by atoms with Crippen LogP contribution in [0.3, 0.4) is 0 Å². The van der Waals surface area contributed by atoms with Crippen molar-refractivity contribution >= 4 is 33.8 Å². The highest BCUT2D eigenvalue weighted by Gasteiger charge is 2.47. The fourth-order valence-electron chi connectivity index (χ4n) is 4.09. The molecule has 0 bridgehead atoms. The SMILES string of the molecule is C=CC[C@@](C)(NC(=O)[C@@H]1C[C@@H](O)CN1C(=O)[C@@H](NC(=O)OC(C)(C)C)C(C)(C)C)C(=O)NS(=O)(=O)C1CC1. The van der Waals surface area contributed by atoms with Gasteiger partial charge in [0.15, 0.2) is 0 Å². The van der Waals surface area contributed by atoms with Gasteiger partial charge in [-0.05, 0) is 52.4 Å². The van der Waals surface area contributed by atoms with Gasteiger partial charge >= 0.3 is 6.09 Å². The zero-order valence-corrected chi connectivity index (χ0v) is 24.1. The third kappa shape index (κ3) is 8.16. The molecule has 12 nitrogen and oxygen atoms in total. The molecule has 1 aliphatic carbocycles. The highest BCUT2D eigenvalue weighted by atomic mass is 32.2. The molecule has 4 N–H and O–H groups in total. The van der Waals surface area contributed by atoms with Crippen LogP contribution in [-0.4, -0.2) is 83.4 Å². The van der Waals surface area contributed by atoms with Crippen LogP contribution in [0.2, 0.25) is 0 Å². The van der Waals surface area contributed by atoms with Crippen LogP contribution in [0, 0.1) is 5.41 Å². The maximum Gasteiger partial charge on any atom is 0.408 e. The summed E-state index contributed by atoms with van der Waals surface area (Å²) in [5.74, 6) is -2.28. The maximum atomic E-state index is 13.6. The van der Waals surface area contributed by atoms with E-state index in [9.17, 15) is 32.7 Å². The molecular formula is C25H42N4O8S. The first-order valence-corrected chi connectivity index (χ1v) is 14.2. The van der Waals surface area contributed by atoms with Crippen LogP contribution in [0.4, 0.5) is 4.79 Å². The molecule has 0 aromatic rings. The molecule has 0 spiro atoms. The Morgan fingerprint density at radius 1 is 1.11 bits per heavy atom. The molecule has 1 aliphatic heterocycles. The van der Waals surface area contributed by atoms with E-state index in [0.29, 0.717) is 12.8 Å². The van der Waals surface area contributed by atoms with Crippen molar-refractivity contribution in [2.75, 3.05) is 6.54 Å². The number of amides is 4. The molecule has 2 fully saturated rings. The molecule has 2 aliphatic rings. The van der Waals surface area contributed by atoms with Gasteiger partial charge in [-0.2, -0.15) is 0 Å². The molecule has 4 atom stereocenters. The van der Waals surface area contributed by atoms with E-state index in [2.05, 4.69) is 17.2 Å². The van der Waals surface area contributed by atoms with Gasteiger partial charge in [-0.1, -0.05) is 26.8 Å². The summed E-state index contributed by atoms with van der Waals surface area (Å²) in [6.45, 7) is 15.1. The lowest BCUT2D eigenvalue weighted by Crippen LogP contribution is -2.62. The van der Waals surface area contributed by atoms with E-state index in [1.807, 2.05) is 4.72 Å². The number of carbonyl (C=O) groups excluding carboxylic acids is 4. The number of sulfonamides is 1. The summed E-state index contributed by atoms with van der Waals surface area (Å²) in [4.78, 5) is 53.7. The molecule has 0 aromatic heterocycles. The fraction of sp³-hybridized carbons (Fsp3) is 0.760. The van der Waals surface area contributed by atoms with E-state index >= 15 is 0 Å².